The van der Waals surface area contributed by atoms with Crippen LogP contribution in [0.1, 0.15) is 44.6 Å². The Morgan fingerprint density at radius 1 is 1.22 bits per heavy atom. The van der Waals surface area contributed by atoms with Crippen molar-refractivity contribution >= 4 is 23.2 Å². The highest BCUT2D eigenvalue weighted by molar-refractivity contribution is 5.97. The van der Waals surface area contributed by atoms with Crippen LogP contribution >= 0.6 is 0 Å². The summed E-state index contributed by atoms with van der Waals surface area (Å²) in [6.45, 7) is 4.95. The first-order valence-electron chi connectivity index (χ1n) is 9.50. The second-order valence-electron chi connectivity index (χ2n) is 6.88. The van der Waals surface area contributed by atoms with Gasteiger partial charge in [0.15, 0.2) is 6.61 Å². The van der Waals surface area contributed by atoms with Gasteiger partial charge in [-0.2, -0.15) is 0 Å². The number of anilines is 2. The Balaban J connectivity index is 1.61. The highest BCUT2D eigenvalue weighted by Crippen LogP contribution is 2.28. The third-order valence-corrected chi connectivity index (χ3v) is 4.94. The summed E-state index contributed by atoms with van der Waals surface area (Å²) in [5.41, 5.74) is 2.59. The lowest BCUT2D eigenvalue weighted by molar-refractivity contribution is -0.118. The van der Waals surface area contributed by atoms with Crippen LogP contribution in [-0.4, -0.2) is 25.0 Å². The van der Waals surface area contributed by atoms with Crippen molar-refractivity contribution in [3.8, 4) is 5.75 Å². The highest BCUT2D eigenvalue weighted by Gasteiger charge is 2.21. The maximum absolute atomic E-state index is 12.3. The summed E-state index contributed by atoms with van der Waals surface area (Å²) in [6.07, 6.45) is 2.47. The molecule has 0 bridgehead atoms. The lowest BCUT2D eigenvalue weighted by Gasteiger charge is -2.17. The summed E-state index contributed by atoms with van der Waals surface area (Å²) in [7, 11) is 0. The van der Waals surface area contributed by atoms with Gasteiger partial charge < -0.3 is 15.0 Å². The molecule has 1 N–H and O–H groups in total. The van der Waals surface area contributed by atoms with E-state index in [2.05, 4.69) is 19.2 Å². The van der Waals surface area contributed by atoms with Crippen LogP contribution in [0.4, 0.5) is 11.4 Å². The maximum atomic E-state index is 12.3. The number of nitrogens with one attached hydrogen (secondary N) is 1. The van der Waals surface area contributed by atoms with E-state index in [1.807, 2.05) is 48.5 Å². The third kappa shape index (κ3) is 4.67. The van der Waals surface area contributed by atoms with Crippen molar-refractivity contribution in [2.75, 3.05) is 23.4 Å². The molecule has 0 aliphatic carbocycles. The van der Waals surface area contributed by atoms with Crippen LogP contribution in [0.5, 0.6) is 5.75 Å². The molecular weight excluding hydrogens is 340 g/mol. The molecule has 1 saturated heterocycles. The number of carbonyl (C=O) groups is 2. The zero-order chi connectivity index (χ0) is 19.2. The Morgan fingerprint density at radius 3 is 2.78 bits per heavy atom. The Bertz CT molecular complexity index is 819. The van der Waals surface area contributed by atoms with E-state index in [-0.39, 0.29) is 18.4 Å². The van der Waals surface area contributed by atoms with Gasteiger partial charge in [-0.15, -0.1) is 0 Å². The van der Waals surface area contributed by atoms with Crippen LogP contribution in [0, 0.1) is 0 Å². The fraction of sp³-hybridized carbons (Fsp3) is 0.364. The molecule has 2 aromatic rings. The van der Waals surface area contributed by atoms with Crippen molar-refractivity contribution < 1.29 is 14.3 Å². The van der Waals surface area contributed by atoms with E-state index < -0.39 is 0 Å². The average Bonchev–Trinajstić information content (AvgIpc) is 3.12. The minimum Gasteiger partial charge on any atom is -0.483 e. The van der Waals surface area contributed by atoms with Crippen LogP contribution < -0.4 is 15.0 Å². The third-order valence-electron chi connectivity index (χ3n) is 4.94. The summed E-state index contributed by atoms with van der Waals surface area (Å²) in [4.78, 5) is 26.0. The van der Waals surface area contributed by atoms with E-state index in [1.54, 1.807) is 4.90 Å². The zero-order valence-corrected chi connectivity index (χ0v) is 15.9. The molecule has 0 spiro atoms. The molecule has 1 atom stereocenters. The topological polar surface area (TPSA) is 58.6 Å². The molecule has 2 aromatic carbocycles. The molecule has 1 aliphatic rings. The fourth-order valence-electron chi connectivity index (χ4n) is 3.25. The number of rotatable bonds is 7. The monoisotopic (exact) mass is 366 g/mol. The predicted octanol–water partition coefficient (Wildman–Crippen LogP) is 4.34. The number of hydrogen-bond acceptors (Lipinski definition) is 3. The van der Waals surface area contributed by atoms with E-state index in [1.165, 1.54) is 0 Å². The second kappa shape index (κ2) is 8.71. The molecule has 1 fully saturated rings. The van der Waals surface area contributed by atoms with E-state index in [4.69, 9.17) is 4.74 Å². The first kappa shape index (κ1) is 19.0. The van der Waals surface area contributed by atoms with Crippen LogP contribution in [0.3, 0.4) is 0 Å². The number of amides is 2. The van der Waals surface area contributed by atoms with Gasteiger partial charge in [0.25, 0.3) is 5.91 Å². The predicted molar refractivity (Wildman–Crippen MR) is 107 cm³/mol. The van der Waals surface area contributed by atoms with Crippen molar-refractivity contribution in [2.45, 2.75) is 39.0 Å². The highest BCUT2D eigenvalue weighted by atomic mass is 16.5. The fourth-order valence-corrected chi connectivity index (χ4v) is 3.25. The first-order chi connectivity index (χ1) is 13.1. The van der Waals surface area contributed by atoms with Gasteiger partial charge in [-0.3, -0.25) is 9.59 Å². The Morgan fingerprint density at radius 2 is 2.04 bits per heavy atom. The first-order valence-corrected chi connectivity index (χ1v) is 9.50. The summed E-state index contributed by atoms with van der Waals surface area (Å²) in [6, 6.07) is 15.2. The maximum Gasteiger partial charge on any atom is 0.262 e. The van der Waals surface area contributed by atoms with Crippen LogP contribution in [-0.2, 0) is 9.59 Å². The summed E-state index contributed by atoms with van der Waals surface area (Å²) in [5.74, 6) is 1.03. The Hall–Kier alpha value is -2.82. The van der Waals surface area contributed by atoms with Gasteiger partial charge in [0.2, 0.25) is 5.91 Å². The quantitative estimate of drug-likeness (QED) is 0.793. The summed E-state index contributed by atoms with van der Waals surface area (Å²) >= 11 is 0. The molecule has 2 amide bonds. The van der Waals surface area contributed by atoms with E-state index >= 15 is 0 Å². The molecule has 142 valence electrons. The van der Waals surface area contributed by atoms with Gasteiger partial charge >= 0.3 is 0 Å². The average molecular weight is 366 g/mol. The van der Waals surface area contributed by atoms with Crippen molar-refractivity contribution in [2.24, 2.45) is 0 Å². The standard InChI is InChI=1S/C22H26N2O3/c1-3-16(2)19-10-4-5-11-20(19)27-15-21(25)23-17-8-6-9-18(14-17)24-13-7-12-22(24)26/h4-6,8-11,14,16H,3,7,12-13,15H2,1-2H3,(H,23,25). The number of benzene rings is 2. The van der Waals surface area contributed by atoms with Crippen LogP contribution in [0.15, 0.2) is 48.5 Å². The number of carbonyl (C=O) groups excluding carboxylic acids is 2. The van der Waals surface area contributed by atoms with Gasteiger partial charge in [0.05, 0.1) is 0 Å². The smallest absolute Gasteiger partial charge is 0.262 e. The minimum atomic E-state index is -0.223. The molecule has 1 heterocycles. The van der Waals surface area contributed by atoms with Gasteiger partial charge in [0, 0.05) is 24.3 Å². The van der Waals surface area contributed by atoms with Gasteiger partial charge in [-0.1, -0.05) is 38.1 Å². The second-order valence-corrected chi connectivity index (χ2v) is 6.88. The molecule has 1 aliphatic heterocycles. The molecule has 5 heteroatoms. The molecular formula is C22H26N2O3. The normalized spacial score (nSPS) is 14.9. The number of nitrogens with zero attached hydrogens (tertiary/aromatic N) is 1. The zero-order valence-electron chi connectivity index (χ0n) is 15.9. The molecule has 27 heavy (non-hydrogen) atoms. The number of ether oxygens (including phenoxy) is 1. The summed E-state index contributed by atoms with van der Waals surface area (Å²) in [5, 5.41) is 2.85. The molecule has 0 aromatic heterocycles. The molecule has 5 nitrogen and oxygen atoms in total. The number of para-hydroxylation sites is 1. The lowest BCUT2D eigenvalue weighted by Crippen LogP contribution is -2.24. The lowest BCUT2D eigenvalue weighted by atomic mass is 9.98. The van der Waals surface area contributed by atoms with Gasteiger partial charge in [-0.05, 0) is 48.6 Å². The molecule has 1 unspecified atom stereocenters. The van der Waals surface area contributed by atoms with Crippen molar-refractivity contribution in [3.63, 3.8) is 0 Å². The molecule has 3 rings (SSSR count). The Kier molecular flexibility index (Phi) is 6.12. The van der Waals surface area contributed by atoms with Crippen molar-refractivity contribution in [1.29, 1.82) is 0 Å². The molecule has 0 radical (unpaired) electrons. The SMILES string of the molecule is CCC(C)c1ccccc1OCC(=O)Nc1cccc(N2CCCC2=O)c1. The van der Waals surface area contributed by atoms with Crippen molar-refractivity contribution in [3.05, 3.63) is 54.1 Å². The largest absolute Gasteiger partial charge is 0.483 e. The van der Waals surface area contributed by atoms with Gasteiger partial charge in [0.1, 0.15) is 5.75 Å². The Labute approximate surface area is 160 Å². The minimum absolute atomic E-state index is 0.0552. The van der Waals surface area contributed by atoms with E-state index in [9.17, 15) is 9.59 Å². The van der Waals surface area contributed by atoms with E-state index in [0.29, 0.717) is 18.0 Å². The summed E-state index contributed by atoms with van der Waals surface area (Å²) < 4.78 is 5.76. The van der Waals surface area contributed by atoms with Crippen LogP contribution in [0.25, 0.3) is 0 Å². The van der Waals surface area contributed by atoms with Crippen LogP contribution in [0.2, 0.25) is 0 Å². The van der Waals surface area contributed by atoms with E-state index in [0.717, 1.165) is 36.4 Å². The van der Waals surface area contributed by atoms with Gasteiger partial charge in [-0.25, -0.2) is 0 Å². The number of hydrogen-bond donors (Lipinski definition) is 1. The van der Waals surface area contributed by atoms with Crippen molar-refractivity contribution in [1.82, 2.24) is 0 Å². The molecule has 0 saturated carbocycles.